The Labute approximate surface area is 109 Å². The molecule has 0 aliphatic rings. The van der Waals surface area contributed by atoms with Crippen LogP contribution in [0.3, 0.4) is 0 Å². The van der Waals surface area contributed by atoms with Crippen LogP contribution in [-0.4, -0.2) is 4.57 Å². The highest BCUT2D eigenvalue weighted by Crippen LogP contribution is 2.15. The molecule has 1 aromatic carbocycles. The molecule has 0 aliphatic heterocycles. The highest BCUT2D eigenvalue weighted by molar-refractivity contribution is 6.31. The third-order valence-electron chi connectivity index (χ3n) is 2.54. The third kappa shape index (κ3) is 2.71. The zero-order valence-corrected chi connectivity index (χ0v) is 10.9. The van der Waals surface area contributed by atoms with E-state index in [-0.39, 0.29) is 5.56 Å². The molecule has 0 atom stereocenters. The second-order valence-electron chi connectivity index (χ2n) is 3.94. The first kappa shape index (κ1) is 12.6. The first-order valence-corrected chi connectivity index (χ1v) is 5.87. The van der Waals surface area contributed by atoms with E-state index in [2.05, 4.69) is 4.99 Å². The van der Waals surface area contributed by atoms with E-state index in [9.17, 15) is 4.79 Å². The topological polar surface area (TPSA) is 47.5 Å². The van der Waals surface area contributed by atoms with Crippen molar-refractivity contribution in [3.05, 3.63) is 62.7 Å². The Morgan fingerprint density at radius 1 is 1.39 bits per heavy atom. The van der Waals surface area contributed by atoms with Gasteiger partial charge in [-0.1, -0.05) is 29.8 Å². The van der Waals surface area contributed by atoms with Crippen LogP contribution in [0.1, 0.15) is 11.3 Å². The number of rotatable bonds is 2. The second-order valence-corrected chi connectivity index (χ2v) is 4.35. The van der Waals surface area contributed by atoms with Crippen LogP contribution in [0.2, 0.25) is 5.02 Å². The van der Waals surface area contributed by atoms with Gasteiger partial charge in [-0.05, 0) is 18.6 Å². The van der Waals surface area contributed by atoms with E-state index in [0.717, 1.165) is 5.56 Å². The van der Waals surface area contributed by atoms with E-state index in [1.165, 1.54) is 10.6 Å². The minimum Gasteiger partial charge on any atom is -0.430 e. The lowest BCUT2D eigenvalue weighted by Crippen LogP contribution is -2.30. The monoisotopic (exact) mass is 264 g/mol. The Morgan fingerprint density at radius 2 is 2.11 bits per heavy atom. The van der Waals surface area contributed by atoms with Gasteiger partial charge in [-0.3, -0.25) is 9.36 Å². The minimum absolute atomic E-state index is 0.142. The molecule has 94 valence electrons. The molecule has 0 spiro atoms. The van der Waals surface area contributed by atoms with Gasteiger partial charge in [-0.25, -0.2) is 4.99 Å². The number of hydrogen-bond acceptors (Lipinski definition) is 3. The molecule has 0 saturated carbocycles. The first-order valence-electron chi connectivity index (χ1n) is 5.49. The van der Waals surface area contributed by atoms with Crippen molar-refractivity contribution in [1.82, 2.24) is 4.57 Å². The molecule has 0 unspecified atom stereocenters. The zero-order valence-electron chi connectivity index (χ0n) is 10.2. The number of aromatic nitrogens is 1. The van der Waals surface area contributed by atoms with Crippen LogP contribution >= 0.6 is 11.6 Å². The van der Waals surface area contributed by atoms with Gasteiger partial charge in [0.25, 0.3) is 11.2 Å². The summed E-state index contributed by atoms with van der Waals surface area (Å²) in [4.78, 5) is 15.8. The van der Waals surface area contributed by atoms with Crippen LogP contribution in [0, 0.1) is 6.92 Å². The molecule has 18 heavy (non-hydrogen) atoms. The first-order chi connectivity index (χ1) is 8.58. The lowest BCUT2D eigenvalue weighted by molar-refractivity contribution is 0.397. The van der Waals surface area contributed by atoms with E-state index in [1.807, 2.05) is 18.2 Å². The van der Waals surface area contributed by atoms with Crippen molar-refractivity contribution in [3.63, 3.8) is 0 Å². The van der Waals surface area contributed by atoms with Crippen molar-refractivity contribution in [2.45, 2.75) is 13.5 Å². The van der Waals surface area contributed by atoms with E-state index < -0.39 is 0 Å². The summed E-state index contributed by atoms with van der Waals surface area (Å²) in [6.45, 7) is 2.09. The predicted octanol–water partition coefficient (Wildman–Crippen LogP) is 2.04. The molecule has 2 aromatic rings. The van der Waals surface area contributed by atoms with Crippen molar-refractivity contribution >= 4 is 11.6 Å². The largest absolute Gasteiger partial charge is 0.430 e. The van der Waals surface area contributed by atoms with Crippen LogP contribution < -0.4 is 11.2 Å². The van der Waals surface area contributed by atoms with Crippen molar-refractivity contribution in [2.24, 2.45) is 12.0 Å². The number of nitrogens with zero attached hydrogens (tertiary/aromatic N) is 2. The molecule has 2 rings (SSSR count). The summed E-state index contributed by atoms with van der Waals surface area (Å²) in [5, 5.41) is 0.652. The van der Waals surface area contributed by atoms with E-state index >= 15 is 0 Å². The molecule has 1 aromatic heterocycles. The summed E-state index contributed by atoms with van der Waals surface area (Å²) in [5.41, 5.74) is 1.04. The summed E-state index contributed by atoms with van der Waals surface area (Å²) in [7, 11) is 1.62. The predicted molar refractivity (Wildman–Crippen MR) is 69.4 cm³/mol. The normalized spacial score (nSPS) is 11.8. The highest BCUT2D eigenvalue weighted by atomic mass is 35.5. The fourth-order valence-corrected chi connectivity index (χ4v) is 1.72. The van der Waals surface area contributed by atoms with Crippen LogP contribution in [0.25, 0.3) is 0 Å². The van der Waals surface area contributed by atoms with Gasteiger partial charge in [0, 0.05) is 18.1 Å². The second kappa shape index (κ2) is 5.23. The summed E-state index contributed by atoms with van der Waals surface area (Å²) in [6.07, 6.45) is 0. The van der Waals surface area contributed by atoms with Crippen molar-refractivity contribution in [3.8, 4) is 0 Å². The number of halogens is 1. The molecule has 0 amide bonds. The standard InChI is InChI=1S/C13H13ClN2O2/c1-9-7-12(17)16(2)13(18-9)15-8-10-5-3-4-6-11(10)14/h3-7H,8H2,1-2H3. The van der Waals surface area contributed by atoms with Crippen LogP contribution in [0.4, 0.5) is 0 Å². The molecule has 0 radical (unpaired) electrons. The van der Waals surface area contributed by atoms with Crippen molar-refractivity contribution in [1.29, 1.82) is 0 Å². The van der Waals surface area contributed by atoms with E-state index in [1.54, 1.807) is 20.0 Å². The van der Waals surface area contributed by atoms with Gasteiger partial charge >= 0.3 is 0 Å². The molecule has 0 aliphatic carbocycles. The van der Waals surface area contributed by atoms with Gasteiger partial charge in [0.15, 0.2) is 0 Å². The average Bonchev–Trinajstić information content (AvgIpc) is 2.33. The Hall–Kier alpha value is -1.81. The summed E-state index contributed by atoms with van der Waals surface area (Å²) >= 11 is 6.03. The molecule has 0 N–H and O–H groups in total. The summed E-state index contributed by atoms with van der Waals surface area (Å²) in [6, 6.07) is 8.87. The van der Waals surface area contributed by atoms with Crippen molar-refractivity contribution < 1.29 is 4.42 Å². The Balaban J connectivity index is 2.42. The van der Waals surface area contributed by atoms with Gasteiger partial charge in [-0.2, -0.15) is 0 Å². The minimum atomic E-state index is -0.142. The number of benzene rings is 1. The quantitative estimate of drug-likeness (QED) is 0.833. The smallest absolute Gasteiger partial charge is 0.299 e. The maximum atomic E-state index is 11.6. The Morgan fingerprint density at radius 3 is 2.83 bits per heavy atom. The lowest BCUT2D eigenvalue weighted by atomic mass is 10.2. The maximum absolute atomic E-state index is 11.6. The fraction of sp³-hybridized carbons (Fsp3) is 0.231. The summed E-state index contributed by atoms with van der Waals surface area (Å²) < 4.78 is 6.77. The molecular formula is C13H13ClN2O2. The number of hydrogen-bond donors (Lipinski definition) is 0. The lowest BCUT2D eigenvalue weighted by Gasteiger charge is -2.01. The molecular weight excluding hydrogens is 252 g/mol. The number of aryl methyl sites for hydroxylation is 1. The third-order valence-corrected chi connectivity index (χ3v) is 2.91. The Bertz CT molecular complexity index is 686. The van der Waals surface area contributed by atoms with Gasteiger partial charge in [0.1, 0.15) is 5.76 Å². The SMILES string of the molecule is Cc1cc(=O)n(C)c(=NCc2ccccc2Cl)o1. The van der Waals surface area contributed by atoms with Crippen molar-refractivity contribution in [2.75, 3.05) is 0 Å². The van der Waals surface area contributed by atoms with Gasteiger partial charge in [0.05, 0.1) is 6.54 Å². The summed E-state index contributed by atoms with van der Waals surface area (Å²) in [5.74, 6) is 0.538. The molecule has 5 heteroatoms. The maximum Gasteiger partial charge on any atom is 0.299 e. The van der Waals surface area contributed by atoms with Crippen LogP contribution in [0.5, 0.6) is 0 Å². The zero-order chi connectivity index (χ0) is 13.1. The van der Waals surface area contributed by atoms with E-state index in [0.29, 0.717) is 23.0 Å². The molecule has 4 nitrogen and oxygen atoms in total. The van der Waals surface area contributed by atoms with Gasteiger partial charge in [0.2, 0.25) is 0 Å². The average molecular weight is 265 g/mol. The van der Waals surface area contributed by atoms with Gasteiger partial charge in [-0.15, -0.1) is 0 Å². The Kier molecular flexibility index (Phi) is 3.67. The van der Waals surface area contributed by atoms with Gasteiger partial charge < -0.3 is 4.42 Å². The van der Waals surface area contributed by atoms with E-state index in [4.69, 9.17) is 16.0 Å². The fourth-order valence-electron chi connectivity index (χ4n) is 1.52. The van der Waals surface area contributed by atoms with Crippen LogP contribution in [0.15, 0.2) is 44.5 Å². The molecule has 1 heterocycles. The molecule has 0 saturated heterocycles. The van der Waals surface area contributed by atoms with Crippen LogP contribution in [-0.2, 0) is 13.6 Å². The molecule has 0 bridgehead atoms. The molecule has 0 fully saturated rings. The highest BCUT2D eigenvalue weighted by Gasteiger charge is 2.00.